The minimum atomic E-state index is -0.488. The maximum Gasteiger partial charge on any atom is 0.303 e. The largest absolute Gasteiger partial charge is 0.483 e. The van der Waals surface area contributed by atoms with Crippen molar-refractivity contribution in [3.63, 3.8) is 0 Å². The van der Waals surface area contributed by atoms with E-state index < -0.39 is 10.9 Å². The average molecular weight is 756 g/mol. The number of unbranched alkanes of at least 4 members (excludes halogenated alkanes) is 1. The van der Waals surface area contributed by atoms with Gasteiger partial charge in [0.15, 0.2) is 6.10 Å². The molecule has 55 heavy (non-hydrogen) atoms. The third-order valence-corrected chi connectivity index (χ3v) is 13.5. The molecule has 2 heterocycles. The topological polar surface area (TPSA) is 97.0 Å². The van der Waals surface area contributed by atoms with Crippen LogP contribution in [0.25, 0.3) is 0 Å². The van der Waals surface area contributed by atoms with E-state index in [-0.39, 0.29) is 41.3 Å². The van der Waals surface area contributed by atoms with E-state index in [9.17, 15) is 14.4 Å². The number of anilines is 1. The minimum Gasteiger partial charge on any atom is -0.483 e. The van der Waals surface area contributed by atoms with Crippen LogP contribution in [0.3, 0.4) is 0 Å². The molecule has 8 nitrogen and oxygen atoms in total. The maximum absolute atomic E-state index is 13.2. The number of carbonyl (C=O) groups excluding carboxylic acids is 3. The molecule has 1 spiro atoms. The van der Waals surface area contributed by atoms with Crippen molar-refractivity contribution in [3.8, 4) is 5.75 Å². The summed E-state index contributed by atoms with van der Waals surface area (Å²) in [7, 11) is 0. The predicted molar refractivity (Wildman–Crippen MR) is 217 cm³/mol. The molecular formula is C46H49N3O5S. The third kappa shape index (κ3) is 6.86. The molecule has 2 aliphatic carbocycles. The molecule has 2 N–H and O–H groups in total. The van der Waals surface area contributed by atoms with Crippen molar-refractivity contribution in [1.82, 2.24) is 10.2 Å². The fourth-order valence-electron chi connectivity index (χ4n) is 9.81. The Morgan fingerprint density at radius 3 is 2.15 bits per heavy atom. The summed E-state index contributed by atoms with van der Waals surface area (Å²) in [5.41, 5.74) is 6.38. The molecule has 2 bridgehead atoms. The molecule has 9 heteroatoms. The summed E-state index contributed by atoms with van der Waals surface area (Å²) in [6.07, 6.45) is 7.51. The molecule has 2 amide bonds. The summed E-state index contributed by atoms with van der Waals surface area (Å²) in [4.78, 5) is 40.1. The molecule has 0 aromatic heterocycles. The molecule has 5 atom stereocenters. The van der Waals surface area contributed by atoms with Crippen LogP contribution < -0.4 is 15.4 Å². The number of hydrogen-bond acceptors (Lipinski definition) is 7. The van der Waals surface area contributed by atoms with Gasteiger partial charge in [0, 0.05) is 55.5 Å². The fraction of sp³-hybridized carbons (Fsp3) is 0.370. The lowest BCUT2D eigenvalue weighted by molar-refractivity contribution is -0.152. The fourth-order valence-corrected chi connectivity index (χ4v) is 11.3. The molecule has 1 saturated heterocycles. The number of piperidine rings is 1. The smallest absolute Gasteiger partial charge is 0.303 e. The first-order valence-corrected chi connectivity index (χ1v) is 20.6. The Morgan fingerprint density at radius 2 is 1.53 bits per heavy atom. The van der Waals surface area contributed by atoms with Crippen LogP contribution in [-0.4, -0.2) is 66.3 Å². The highest BCUT2D eigenvalue weighted by Crippen LogP contribution is 2.62. The monoisotopic (exact) mass is 755 g/mol. The number of hydrogen-bond donors (Lipinski definition) is 2. The quantitative estimate of drug-likeness (QED) is 0.0600. The number of rotatable bonds is 14. The Morgan fingerprint density at radius 1 is 0.873 bits per heavy atom. The van der Waals surface area contributed by atoms with E-state index in [0.717, 1.165) is 44.5 Å². The lowest BCUT2D eigenvalue weighted by Crippen LogP contribution is -2.65. The van der Waals surface area contributed by atoms with E-state index in [0.29, 0.717) is 24.4 Å². The number of thioether (sulfide) groups is 1. The predicted octanol–water partition coefficient (Wildman–Crippen LogP) is 7.40. The standard InChI is InChI=1S/C46H49N3O5S/c1-31(50)48-38-22-20-33-30-39-37-21-23-40(53-32(2)51)44-45(37,42(33)43(38)54-44)25-28-49(39)27-13-12-26-47-41(52)24-29-55-46(34-14-6-3-7-15-34,35-16-8-4-9-17-35)36-18-10-5-11-19-36/h3-11,14-23,37,39-40,44H,12-13,24-30H2,1-2H3,(H,47,52)(H,48,50)/t37-,39+,40-,44-,45-/m0/s1. The molecule has 1 fully saturated rings. The van der Waals surface area contributed by atoms with Gasteiger partial charge >= 0.3 is 5.97 Å². The van der Waals surface area contributed by atoms with Crippen LogP contribution in [0.5, 0.6) is 5.75 Å². The highest BCUT2D eigenvalue weighted by Gasteiger charge is 2.65. The Hall–Kier alpha value is -4.86. The Bertz CT molecular complexity index is 1960. The van der Waals surface area contributed by atoms with E-state index in [4.69, 9.17) is 9.47 Å². The second-order valence-electron chi connectivity index (χ2n) is 15.2. The van der Waals surface area contributed by atoms with Gasteiger partial charge in [0.1, 0.15) is 11.9 Å². The van der Waals surface area contributed by atoms with Crippen molar-refractivity contribution in [2.24, 2.45) is 5.92 Å². The highest BCUT2D eigenvalue weighted by molar-refractivity contribution is 8.00. The number of carbonyl (C=O) groups is 3. The van der Waals surface area contributed by atoms with Crippen LogP contribution >= 0.6 is 11.8 Å². The van der Waals surface area contributed by atoms with E-state index in [1.807, 2.05) is 42.1 Å². The van der Waals surface area contributed by atoms with Crippen molar-refractivity contribution < 1.29 is 23.9 Å². The number of amides is 2. The number of esters is 1. The van der Waals surface area contributed by atoms with Crippen LogP contribution in [0, 0.1) is 5.92 Å². The normalized spacial score (nSPS) is 23.3. The van der Waals surface area contributed by atoms with Crippen LogP contribution in [0.2, 0.25) is 0 Å². The summed E-state index contributed by atoms with van der Waals surface area (Å²) in [6, 6.07) is 36.2. The van der Waals surface area contributed by atoms with Gasteiger partial charge in [-0.15, -0.1) is 11.8 Å². The molecule has 284 valence electrons. The lowest BCUT2D eigenvalue weighted by atomic mass is 9.53. The van der Waals surface area contributed by atoms with Gasteiger partial charge < -0.3 is 20.1 Å². The second-order valence-corrected chi connectivity index (χ2v) is 16.5. The first-order chi connectivity index (χ1) is 26.8. The highest BCUT2D eigenvalue weighted by atomic mass is 32.2. The van der Waals surface area contributed by atoms with E-state index >= 15 is 0 Å². The molecule has 8 rings (SSSR count). The van der Waals surface area contributed by atoms with Crippen LogP contribution in [0.1, 0.15) is 67.3 Å². The SMILES string of the molecule is CC(=O)Nc1ccc2c3c1O[C@H]1[C@@H](OC(C)=O)C=C[C@H]4[C@@H](C2)N(CCCCNC(=O)CCSC(c2ccccc2)(c2ccccc2)c2ccccc2)CC[C@@]341. The van der Waals surface area contributed by atoms with Crippen molar-refractivity contribution >= 4 is 35.2 Å². The van der Waals surface area contributed by atoms with Crippen LogP contribution in [0.4, 0.5) is 5.69 Å². The van der Waals surface area contributed by atoms with E-state index in [2.05, 4.69) is 100 Å². The Kier molecular flexibility index (Phi) is 10.6. The molecule has 0 radical (unpaired) electrons. The maximum atomic E-state index is 13.2. The van der Waals surface area contributed by atoms with Gasteiger partial charge in [0.05, 0.1) is 10.4 Å². The summed E-state index contributed by atoms with van der Waals surface area (Å²) in [5, 5.41) is 6.18. The zero-order valence-electron chi connectivity index (χ0n) is 31.5. The van der Waals surface area contributed by atoms with Gasteiger partial charge in [0.25, 0.3) is 0 Å². The van der Waals surface area contributed by atoms with Gasteiger partial charge in [-0.2, -0.15) is 0 Å². The van der Waals surface area contributed by atoms with Gasteiger partial charge in [-0.25, -0.2) is 0 Å². The Balaban J connectivity index is 0.894. The number of nitrogens with one attached hydrogen (secondary N) is 2. The molecule has 4 aromatic rings. The molecule has 0 saturated carbocycles. The summed E-state index contributed by atoms with van der Waals surface area (Å²) in [5.74, 6) is 1.21. The molecule has 4 aromatic carbocycles. The first kappa shape index (κ1) is 37.1. The van der Waals surface area contributed by atoms with Crippen LogP contribution in [0.15, 0.2) is 115 Å². The number of ether oxygens (including phenoxy) is 2. The van der Waals surface area contributed by atoms with Gasteiger partial charge in [0.2, 0.25) is 11.8 Å². The summed E-state index contributed by atoms with van der Waals surface area (Å²) < 4.78 is 12.1. The Labute approximate surface area is 328 Å². The van der Waals surface area contributed by atoms with Crippen molar-refractivity contribution in [2.45, 2.75) is 74.4 Å². The van der Waals surface area contributed by atoms with Crippen molar-refractivity contribution in [2.75, 3.05) is 30.7 Å². The van der Waals surface area contributed by atoms with Crippen molar-refractivity contribution in [1.29, 1.82) is 0 Å². The van der Waals surface area contributed by atoms with E-state index in [1.54, 1.807) is 0 Å². The minimum absolute atomic E-state index is 0.0794. The second kappa shape index (κ2) is 15.7. The molecule has 2 aliphatic heterocycles. The zero-order chi connectivity index (χ0) is 38.0. The molecular weight excluding hydrogens is 707 g/mol. The van der Waals surface area contributed by atoms with Gasteiger partial charge in [-0.3, -0.25) is 19.3 Å². The first-order valence-electron chi connectivity index (χ1n) is 19.6. The van der Waals surface area contributed by atoms with Crippen molar-refractivity contribution in [3.05, 3.63) is 143 Å². The molecule has 4 aliphatic rings. The summed E-state index contributed by atoms with van der Waals surface area (Å²) >= 11 is 1.82. The number of benzene rings is 4. The van der Waals surface area contributed by atoms with Gasteiger partial charge in [-0.05, 0) is 73.2 Å². The number of likely N-dealkylation sites (tertiary alicyclic amines) is 1. The van der Waals surface area contributed by atoms with Gasteiger partial charge in [-0.1, -0.05) is 103 Å². The lowest BCUT2D eigenvalue weighted by Gasteiger charge is -2.57. The van der Waals surface area contributed by atoms with E-state index in [1.165, 1.54) is 41.7 Å². The number of nitrogens with zero attached hydrogens (tertiary/aromatic N) is 1. The zero-order valence-corrected chi connectivity index (χ0v) is 32.4. The van der Waals surface area contributed by atoms with Crippen LogP contribution in [-0.2, 0) is 35.7 Å². The summed E-state index contributed by atoms with van der Waals surface area (Å²) in [6.45, 7) is 5.44. The third-order valence-electron chi connectivity index (χ3n) is 12.0. The average Bonchev–Trinajstić information content (AvgIpc) is 3.55. The molecule has 0 unspecified atom stereocenters.